The molecule has 22 heavy (non-hydrogen) atoms. The highest BCUT2D eigenvalue weighted by atomic mass is 14.1. The van der Waals surface area contributed by atoms with Crippen LogP contribution in [0, 0.1) is 0 Å². The van der Waals surface area contributed by atoms with E-state index in [1.807, 2.05) is 0 Å². The molecule has 0 spiro atoms. The van der Waals surface area contributed by atoms with Gasteiger partial charge in [0.2, 0.25) is 0 Å². The summed E-state index contributed by atoms with van der Waals surface area (Å²) in [7, 11) is 4.46. The standard InChI is InChI=1S/C20H16B2/c21-19-15-8-4-5-9-16(15)20(22)18-12-14(10-11-17(18)19)13-6-2-1-3-7-13/h1-12H,21-22H2. The predicted molar refractivity (Wildman–Crippen MR) is 103 cm³/mol. The molecule has 0 aliphatic rings. The molecule has 2 heteroatoms. The molecule has 0 radical (unpaired) electrons. The number of rotatable bonds is 1. The van der Waals surface area contributed by atoms with Crippen LogP contribution in [-0.4, -0.2) is 15.7 Å². The Bertz CT molecular complexity index is 989. The third kappa shape index (κ3) is 1.95. The third-order valence-corrected chi connectivity index (χ3v) is 4.67. The molecule has 0 unspecified atom stereocenters. The molecule has 0 saturated carbocycles. The van der Waals surface area contributed by atoms with Crippen molar-refractivity contribution in [3.63, 3.8) is 0 Å². The molecule has 4 aromatic rings. The summed E-state index contributed by atoms with van der Waals surface area (Å²) in [4.78, 5) is 0. The summed E-state index contributed by atoms with van der Waals surface area (Å²) in [6.45, 7) is 0. The summed E-state index contributed by atoms with van der Waals surface area (Å²) >= 11 is 0. The van der Waals surface area contributed by atoms with Crippen molar-refractivity contribution in [1.29, 1.82) is 0 Å². The van der Waals surface area contributed by atoms with Crippen molar-refractivity contribution in [3.8, 4) is 11.1 Å². The van der Waals surface area contributed by atoms with Crippen LogP contribution >= 0.6 is 0 Å². The normalized spacial score (nSPS) is 11.1. The lowest BCUT2D eigenvalue weighted by atomic mass is 9.77. The first-order valence-electron chi connectivity index (χ1n) is 7.73. The summed E-state index contributed by atoms with van der Waals surface area (Å²) in [6.07, 6.45) is 0. The van der Waals surface area contributed by atoms with Crippen molar-refractivity contribution >= 4 is 48.2 Å². The van der Waals surface area contributed by atoms with Gasteiger partial charge in [0.25, 0.3) is 0 Å². The summed E-state index contributed by atoms with van der Waals surface area (Å²) in [5.41, 5.74) is 5.30. The Morgan fingerprint density at radius 3 is 1.68 bits per heavy atom. The van der Waals surface area contributed by atoms with Gasteiger partial charge in [-0.1, -0.05) is 77.7 Å². The Balaban J connectivity index is 2.08. The van der Waals surface area contributed by atoms with Gasteiger partial charge < -0.3 is 0 Å². The molecule has 0 fully saturated rings. The van der Waals surface area contributed by atoms with Gasteiger partial charge in [0.05, 0.1) is 0 Å². The molecule has 0 N–H and O–H groups in total. The highest BCUT2D eigenvalue weighted by Crippen LogP contribution is 2.25. The minimum absolute atomic E-state index is 1.27. The Hall–Kier alpha value is -2.47. The van der Waals surface area contributed by atoms with Crippen molar-refractivity contribution in [2.24, 2.45) is 0 Å². The second kappa shape index (κ2) is 5.06. The van der Waals surface area contributed by atoms with Crippen LogP contribution in [0.25, 0.3) is 32.7 Å². The molecular formula is C20H16B2. The average molecular weight is 278 g/mol. The van der Waals surface area contributed by atoms with Crippen LogP contribution in [0.3, 0.4) is 0 Å². The van der Waals surface area contributed by atoms with E-state index in [-0.39, 0.29) is 0 Å². The van der Waals surface area contributed by atoms with E-state index in [1.165, 1.54) is 43.6 Å². The largest absolute Gasteiger partial charge is 0.140 e. The quantitative estimate of drug-likeness (QED) is 0.370. The molecule has 0 heterocycles. The van der Waals surface area contributed by atoms with Gasteiger partial charge in [-0.15, -0.1) is 0 Å². The van der Waals surface area contributed by atoms with E-state index < -0.39 is 0 Å². The molecule has 0 aromatic heterocycles. The fourth-order valence-corrected chi connectivity index (χ4v) is 3.42. The maximum absolute atomic E-state index is 2.33. The van der Waals surface area contributed by atoms with Crippen LogP contribution in [0.15, 0.2) is 72.8 Å². The SMILES string of the molecule is Bc1c2ccccc2c(B)c2cc(-c3ccccc3)ccc12. The number of benzene rings is 4. The Morgan fingerprint density at radius 1 is 0.455 bits per heavy atom. The molecule has 0 nitrogen and oxygen atoms in total. The van der Waals surface area contributed by atoms with Crippen LogP contribution in [0.4, 0.5) is 0 Å². The Morgan fingerprint density at radius 2 is 1.00 bits per heavy atom. The van der Waals surface area contributed by atoms with Gasteiger partial charge in [-0.05, 0) is 38.7 Å². The zero-order valence-electron chi connectivity index (χ0n) is 12.9. The van der Waals surface area contributed by atoms with E-state index in [2.05, 4.69) is 88.5 Å². The second-order valence-electron chi connectivity index (χ2n) is 5.92. The van der Waals surface area contributed by atoms with Gasteiger partial charge in [-0.25, -0.2) is 0 Å². The molecule has 0 saturated heterocycles. The Labute approximate surface area is 132 Å². The first kappa shape index (κ1) is 13.2. The van der Waals surface area contributed by atoms with E-state index in [0.29, 0.717) is 0 Å². The van der Waals surface area contributed by atoms with Crippen LogP contribution in [0.1, 0.15) is 0 Å². The molecule has 0 aliphatic carbocycles. The molecule has 0 aliphatic heterocycles. The van der Waals surface area contributed by atoms with E-state index in [1.54, 1.807) is 0 Å². The van der Waals surface area contributed by atoms with Crippen molar-refractivity contribution < 1.29 is 0 Å². The van der Waals surface area contributed by atoms with Gasteiger partial charge in [-0.3, -0.25) is 0 Å². The molecule has 0 atom stereocenters. The molecular weight excluding hydrogens is 262 g/mol. The Kier molecular flexibility index (Phi) is 3.04. The smallest absolute Gasteiger partial charge is 0.0736 e. The number of hydrogen-bond acceptors (Lipinski definition) is 0. The zero-order valence-corrected chi connectivity index (χ0v) is 12.9. The highest BCUT2D eigenvalue weighted by molar-refractivity contribution is 6.53. The maximum atomic E-state index is 2.33. The molecule has 4 rings (SSSR count). The number of fused-ring (bicyclic) bond motifs is 2. The van der Waals surface area contributed by atoms with Gasteiger partial charge in [0, 0.05) is 0 Å². The van der Waals surface area contributed by atoms with Gasteiger partial charge in [0.1, 0.15) is 15.7 Å². The van der Waals surface area contributed by atoms with E-state index in [4.69, 9.17) is 0 Å². The topological polar surface area (TPSA) is 0 Å². The van der Waals surface area contributed by atoms with Crippen LogP contribution in [-0.2, 0) is 0 Å². The average Bonchev–Trinajstić information content (AvgIpc) is 2.60. The molecule has 4 aromatic carbocycles. The monoisotopic (exact) mass is 278 g/mol. The lowest BCUT2D eigenvalue weighted by Crippen LogP contribution is -2.16. The predicted octanol–water partition coefficient (Wildman–Crippen LogP) is 2.18. The molecule has 102 valence electrons. The van der Waals surface area contributed by atoms with Crippen molar-refractivity contribution in [2.75, 3.05) is 0 Å². The molecule has 0 bridgehead atoms. The van der Waals surface area contributed by atoms with Crippen molar-refractivity contribution in [1.82, 2.24) is 0 Å². The maximum Gasteiger partial charge on any atom is 0.140 e. The van der Waals surface area contributed by atoms with Crippen molar-refractivity contribution in [2.45, 2.75) is 0 Å². The summed E-state index contributed by atoms with van der Waals surface area (Å²) in [5, 5.41) is 5.44. The number of hydrogen-bond donors (Lipinski definition) is 0. The van der Waals surface area contributed by atoms with E-state index in [0.717, 1.165) is 0 Å². The van der Waals surface area contributed by atoms with Crippen LogP contribution in [0.5, 0.6) is 0 Å². The van der Waals surface area contributed by atoms with Crippen molar-refractivity contribution in [3.05, 3.63) is 72.8 Å². The van der Waals surface area contributed by atoms with Crippen LogP contribution < -0.4 is 10.9 Å². The fourth-order valence-electron chi connectivity index (χ4n) is 3.42. The first-order chi connectivity index (χ1) is 10.8. The van der Waals surface area contributed by atoms with Gasteiger partial charge >= 0.3 is 0 Å². The summed E-state index contributed by atoms with van der Waals surface area (Å²) in [5.74, 6) is 0. The van der Waals surface area contributed by atoms with Gasteiger partial charge in [0.15, 0.2) is 0 Å². The van der Waals surface area contributed by atoms with E-state index in [9.17, 15) is 0 Å². The third-order valence-electron chi connectivity index (χ3n) is 4.67. The second-order valence-corrected chi connectivity index (χ2v) is 5.92. The van der Waals surface area contributed by atoms with Crippen LogP contribution in [0.2, 0.25) is 0 Å². The molecule has 0 amide bonds. The first-order valence-corrected chi connectivity index (χ1v) is 7.73. The lowest BCUT2D eigenvalue weighted by molar-refractivity contribution is 1.65. The fraction of sp³-hybridized carbons (Fsp3) is 0. The summed E-state index contributed by atoms with van der Waals surface area (Å²) < 4.78 is 0. The zero-order chi connectivity index (χ0) is 15.1. The summed E-state index contributed by atoms with van der Waals surface area (Å²) in [6, 6.07) is 26.1. The lowest BCUT2D eigenvalue weighted by Gasteiger charge is -2.14. The van der Waals surface area contributed by atoms with E-state index >= 15 is 0 Å². The minimum Gasteiger partial charge on any atom is -0.0736 e. The highest BCUT2D eigenvalue weighted by Gasteiger charge is 2.09. The minimum atomic E-state index is 1.27. The van der Waals surface area contributed by atoms with Gasteiger partial charge in [-0.2, -0.15) is 0 Å².